The second kappa shape index (κ2) is 2.88. The van der Waals surface area contributed by atoms with Crippen LogP contribution in [0.4, 0.5) is 0 Å². The van der Waals surface area contributed by atoms with Crippen LogP contribution < -0.4 is 0 Å². The molecule has 0 aromatic carbocycles. The second-order valence-electron chi connectivity index (χ2n) is 1.54. The van der Waals surface area contributed by atoms with Gasteiger partial charge in [-0.05, 0) is 24.9 Å². The summed E-state index contributed by atoms with van der Waals surface area (Å²) < 4.78 is 1.55. The van der Waals surface area contributed by atoms with Crippen LogP contribution in [0, 0.1) is 4.58 Å². The van der Waals surface area contributed by atoms with E-state index < -0.39 is 0 Å². The van der Waals surface area contributed by atoms with Gasteiger partial charge in [0.2, 0.25) is 0 Å². The van der Waals surface area contributed by atoms with Gasteiger partial charge in [0, 0.05) is 0 Å². The molecule has 1 fully saturated rings. The maximum atomic E-state index is 2.20. The average Bonchev–Trinajstić information content (AvgIpc) is 1.69. The van der Waals surface area contributed by atoms with Crippen LogP contribution in [0.1, 0.15) is 13.3 Å². The van der Waals surface area contributed by atoms with E-state index in [2.05, 4.69) is 6.92 Å². The van der Waals surface area contributed by atoms with Crippen LogP contribution in [0.3, 0.4) is 0 Å². The third-order valence-electron chi connectivity index (χ3n) is 0.899. The maximum absolute atomic E-state index is 2.20. The fourth-order valence-electron chi connectivity index (χ4n) is 0.532. The Morgan fingerprint density at radius 3 is 2.14 bits per heavy atom. The molecule has 0 amide bonds. The summed E-state index contributed by atoms with van der Waals surface area (Å²) in [6.07, 6.45) is 1.40. The van der Waals surface area contributed by atoms with E-state index >= 15 is 0 Å². The molecule has 1 heterocycles. The monoisotopic (exact) mass is 133 g/mol. The lowest BCUT2D eigenvalue weighted by Gasteiger charge is -2.14. The molecule has 0 nitrogen and oxygen atoms in total. The van der Waals surface area contributed by atoms with Gasteiger partial charge < -0.3 is 0 Å². The summed E-state index contributed by atoms with van der Waals surface area (Å²) in [5.74, 6) is 2.69. The van der Waals surface area contributed by atoms with Crippen LogP contribution in [0.5, 0.6) is 0 Å². The van der Waals surface area contributed by atoms with Gasteiger partial charge >= 0.3 is 0 Å². The quantitative estimate of drug-likeness (QED) is 0.497. The predicted octanol–water partition coefficient (Wildman–Crippen LogP) is 2.37. The molecule has 1 aliphatic heterocycles. The molecule has 1 saturated heterocycles. The van der Waals surface area contributed by atoms with Gasteiger partial charge in [-0.3, -0.25) is 0 Å². The van der Waals surface area contributed by atoms with Crippen molar-refractivity contribution >= 4 is 23.5 Å². The van der Waals surface area contributed by atoms with Crippen LogP contribution in [0.25, 0.3) is 0 Å². The molecule has 1 aliphatic rings. The molecule has 0 aliphatic carbocycles. The molecule has 0 bridgehead atoms. The molecule has 0 spiro atoms. The molecule has 1 radical (unpaired) electrons. The highest BCUT2D eigenvalue weighted by Crippen LogP contribution is 2.36. The van der Waals surface area contributed by atoms with E-state index in [0.29, 0.717) is 0 Å². The first-order valence-corrected chi connectivity index (χ1v) is 4.46. The fraction of sp³-hybridized carbons (Fsp3) is 0.800. The number of hydrogen-bond donors (Lipinski definition) is 0. The fourth-order valence-corrected chi connectivity index (χ4v) is 2.70. The van der Waals surface area contributed by atoms with Gasteiger partial charge in [0.25, 0.3) is 0 Å². The molecule has 41 valence electrons. The van der Waals surface area contributed by atoms with Crippen molar-refractivity contribution in [3.8, 4) is 0 Å². The Balaban J connectivity index is 2.12. The molecule has 0 N–H and O–H groups in total. The van der Waals surface area contributed by atoms with Crippen molar-refractivity contribution in [2.24, 2.45) is 0 Å². The largest absolute Gasteiger partial charge is 0.142 e. The van der Waals surface area contributed by atoms with E-state index in [-0.39, 0.29) is 0 Å². The van der Waals surface area contributed by atoms with Crippen molar-refractivity contribution < 1.29 is 0 Å². The summed E-state index contributed by atoms with van der Waals surface area (Å²) in [6, 6.07) is 0. The van der Waals surface area contributed by atoms with Gasteiger partial charge in [0.1, 0.15) is 0 Å². The highest BCUT2D eigenvalue weighted by atomic mass is 32.2. The molecule has 2 heteroatoms. The van der Waals surface area contributed by atoms with Crippen molar-refractivity contribution in [3.63, 3.8) is 0 Å². The molecule has 0 aromatic rings. The van der Waals surface area contributed by atoms with Gasteiger partial charge in [-0.25, -0.2) is 0 Å². The molecule has 0 aromatic heterocycles. The van der Waals surface area contributed by atoms with E-state index in [0.717, 1.165) is 0 Å². The Labute approximate surface area is 53.4 Å². The third kappa shape index (κ3) is 1.96. The smallest absolute Gasteiger partial charge is 0.0817 e. The molecule has 1 rings (SSSR count). The predicted molar refractivity (Wildman–Crippen MR) is 38.5 cm³/mol. The topological polar surface area (TPSA) is 0 Å². The Morgan fingerprint density at radius 2 is 1.86 bits per heavy atom. The zero-order valence-electron chi connectivity index (χ0n) is 4.44. The van der Waals surface area contributed by atoms with Crippen molar-refractivity contribution in [2.45, 2.75) is 13.3 Å². The van der Waals surface area contributed by atoms with Crippen molar-refractivity contribution in [3.05, 3.63) is 4.58 Å². The van der Waals surface area contributed by atoms with Crippen LogP contribution in [-0.4, -0.2) is 11.5 Å². The molecule has 0 saturated carbocycles. The van der Waals surface area contributed by atoms with Gasteiger partial charge in [-0.2, -0.15) is 0 Å². The lowest BCUT2D eigenvalue weighted by atomic mass is 10.6. The van der Waals surface area contributed by atoms with Crippen LogP contribution in [0.15, 0.2) is 0 Å². The van der Waals surface area contributed by atoms with E-state index in [9.17, 15) is 0 Å². The molecule has 0 unspecified atom stereocenters. The number of hydrogen-bond acceptors (Lipinski definition) is 2. The van der Waals surface area contributed by atoms with Gasteiger partial charge in [0.15, 0.2) is 0 Å². The van der Waals surface area contributed by atoms with Crippen molar-refractivity contribution in [1.29, 1.82) is 0 Å². The van der Waals surface area contributed by atoms with Crippen LogP contribution >= 0.6 is 23.5 Å². The van der Waals surface area contributed by atoms with Gasteiger partial charge in [-0.1, -0.05) is 0 Å². The highest BCUT2D eigenvalue weighted by molar-refractivity contribution is 8.21. The van der Waals surface area contributed by atoms with Crippen molar-refractivity contribution in [2.75, 3.05) is 11.5 Å². The minimum atomic E-state index is 1.35. The lowest BCUT2D eigenvalue weighted by molar-refractivity contribution is 1.12. The second-order valence-corrected chi connectivity index (χ2v) is 4.42. The summed E-state index contributed by atoms with van der Waals surface area (Å²) >= 11 is 4.00. The summed E-state index contributed by atoms with van der Waals surface area (Å²) in [7, 11) is 0. The van der Waals surface area contributed by atoms with Crippen LogP contribution in [0.2, 0.25) is 0 Å². The number of thioether (sulfide) groups is 2. The minimum Gasteiger partial charge on any atom is -0.142 e. The standard InChI is InChI=1S/C5H9S2/c1-5-6-3-2-4-7-5/h2-4H2,1H3. The normalized spacial score (nSPS) is 25.3. The molecular weight excluding hydrogens is 124 g/mol. The lowest BCUT2D eigenvalue weighted by Crippen LogP contribution is -1.94. The Bertz CT molecular complexity index is 48.0. The Hall–Kier alpha value is 0.700. The number of rotatable bonds is 0. The third-order valence-corrected chi connectivity index (χ3v) is 3.41. The summed E-state index contributed by atoms with van der Waals surface area (Å²) in [5.41, 5.74) is 0. The SMILES string of the molecule is C[C]1SCCCS1. The molecule has 0 atom stereocenters. The van der Waals surface area contributed by atoms with E-state index in [1.54, 1.807) is 4.58 Å². The maximum Gasteiger partial charge on any atom is 0.0817 e. The van der Waals surface area contributed by atoms with E-state index in [1.807, 2.05) is 23.5 Å². The van der Waals surface area contributed by atoms with Gasteiger partial charge in [0.05, 0.1) is 4.58 Å². The summed E-state index contributed by atoms with van der Waals surface area (Å²) in [4.78, 5) is 0. The highest BCUT2D eigenvalue weighted by Gasteiger charge is 2.07. The van der Waals surface area contributed by atoms with Gasteiger partial charge in [-0.15, -0.1) is 23.5 Å². The Morgan fingerprint density at radius 1 is 1.29 bits per heavy atom. The summed E-state index contributed by atoms with van der Waals surface area (Å²) in [6.45, 7) is 2.20. The zero-order chi connectivity index (χ0) is 5.11. The minimum absolute atomic E-state index is 1.35. The summed E-state index contributed by atoms with van der Waals surface area (Å²) in [5, 5.41) is 0. The first-order valence-electron chi connectivity index (χ1n) is 2.49. The average molecular weight is 133 g/mol. The van der Waals surface area contributed by atoms with Crippen molar-refractivity contribution in [1.82, 2.24) is 0 Å². The molecule has 7 heavy (non-hydrogen) atoms. The van der Waals surface area contributed by atoms with E-state index in [4.69, 9.17) is 0 Å². The van der Waals surface area contributed by atoms with Crippen LogP contribution in [-0.2, 0) is 0 Å². The molecular formula is C5H9S2. The first-order chi connectivity index (χ1) is 3.39. The Kier molecular flexibility index (Phi) is 2.40. The van der Waals surface area contributed by atoms with E-state index in [1.165, 1.54) is 17.9 Å². The zero-order valence-corrected chi connectivity index (χ0v) is 6.07. The first kappa shape index (κ1) is 5.83.